The third-order valence-electron chi connectivity index (χ3n) is 3.56. The number of rotatable bonds is 4. The van der Waals surface area contributed by atoms with Crippen LogP contribution in [0.1, 0.15) is 31.7 Å². The molecule has 1 saturated heterocycles. The first-order chi connectivity index (χ1) is 9.26. The fourth-order valence-corrected chi connectivity index (χ4v) is 2.86. The fraction of sp³-hybridized carbons (Fsp3) is 0.533. The van der Waals surface area contributed by atoms with Gasteiger partial charge in [-0.1, -0.05) is 18.5 Å². The van der Waals surface area contributed by atoms with Gasteiger partial charge in [-0.15, -0.1) is 0 Å². The lowest BCUT2D eigenvalue weighted by Gasteiger charge is -2.36. The highest BCUT2D eigenvalue weighted by molar-refractivity contribution is 6.30. The van der Waals surface area contributed by atoms with Gasteiger partial charge in [0.05, 0.1) is 11.3 Å². The Labute approximate surface area is 120 Å². The van der Waals surface area contributed by atoms with E-state index >= 15 is 0 Å². The molecule has 102 valence electrons. The summed E-state index contributed by atoms with van der Waals surface area (Å²) in [5.74, 6) is 0. The summed E-state index contributed by atoms with van der Waals surface area (Å²) in [6.07, 6.45) is 3.45. The van der Waals surface area contributed by atoms with Crippen molar-refractivity contribution in [3.05, 3.63) is 28.8 Å². The molecular weight excluding hydrogens is 258 g/mol. The molecule has 1 atom stereocenters. The van der Waals surface area contributed by atoms with Crippen molar-refractivity contribution in [1.29, 1.82) is 5.26 Å². The molecule has 1 fully saturated rings. The van der Waals surface area contributed by atoms with Gasteiger partial charge in [0.1, 0.15) is 6.07 Å². The molecule has 1 aliphatic rings. The van der Waals surface area contributed by atoms with E-state index in [1.165, 1.54) is 12.8 Å². The van der Waals surface area contributed by atoms with Crippen molar-refractivity contribution < 1.29 is 0 Å². The van der Waals surface area contributed by atoms with Gasteiger partial charge in [-0.3, -0.25) is 0 Å². The number of nitriles is 1. The Balaban J connectivity index is 2.30. The summed E-state index contributed by atoms with van der Waals surface area (Å²) in [4.78, 5) is 2.36. The van der Waals surface area contributed by atoms with Crippen LogP contribution in [-0.4, -0.2) is 25.7 Å². The molecule has 3 nitrogen and oxygen atoms in total. The van der Waals surface area contributed by atoms with Gasteiger partial charge in [-0.05, 0) is 44.0 Å². The van der Waals surface area contributed by atoms with E-state index in [1.807, 2.05) is 12.1 Å². The van der Waals surface area contributed by atoms with Crippen LogP contribution in [0.2, 0.25) is 5.02 Å². The van der Waals surface area contributed by atoms with Gasteiger partial charge in [0.15, 0.2) is 0 Å². The number of hydrogen-bond donors (Lipinski definition) is 1. The Morgan fingerprint density at radius 1 is 1.53 bits per heavy atom. The Hall–Kier alpha value is -1.24. The average molecular weight is 278 g/mol. The molecule has 1 heterocycles. The third kappa shape index (κ3) is 3.40. The molecule has 0 radical (unpaired) electrons. The van der Waals surface area contributed by atoms with E-state index in [0.29, 0.717) is 16.6 Å². The van der Waals surface area contributed by atoms with Crippen LogP contribution in [0, 0.1) is 11.3 Å². The first kappa shape index (κ1) is 14.2. The quantitative estimate of drug-likeness (QED) is 0.919. The van der Waals surface area contributed by atoms with Gasteiger partial charge in [-0.25, -0.2) is 0 Å². The third-order valence-corrected chi connectivity index (χ3v) is 3.80. The lowest BCUT2D eigenvalue weighted by atomic mass is 10.0. The number of hydrogen-bond acceptors (Lipinski definition) is 3. The van der Waals surface area contributed by atoms with Crippen LogP contribution in [0.5, 0.6) is 0 Å². The number of piperidine rings is 1. The molecule has 1 N–H and O–H groups in total. The summed E-state index contributed by atoms with van der Waals surface area (Å²) in [7, 11) is 0. The minimum absolute atomic E-state index is 0.474. The summed E-state index contributed by atoms with van der Waals surface area (Å²) >= 11 is 5.98. The van der Waals surface area contributed by atoms with Crippen LogP contribution in [0.15, 0.2) is 18.2 Å². The van der Waals surface area contributed by atoms with E-state index in [-0.39, 0.29) is 0 Å². The van der Waals surface area contributed by atoms with E-state index in [2.05, 4.69) is 23.2 Å². The van der Waals surface area contributed by atoms with Crippen LogP contribution < -0.4 is 10.2 Å². The van der Waals surface area contributed by atoms with Gasteiger partial charge < -0.3 is 10.2 Å². The normalized spacial score (nSPS) is 18.9. The second kappa shape index (κ2) is 6.79. The average Bonchev–Trinajstić information content (AvgIpc) is 2.46. The van der Waals surface area contributed by atoms with E-state index in [9.17, 15) is 5.26 Å². The fourth-order valence-electron chi connectivity index (χ4n) is 2.69. The van der Waals surface area contributed by atoms with E-state index in [4.69, 9.17) is 11.6 Å². The zero-order valence-electron chi connectivity index (χ0n) is 11.3. The molecular formula is C15H20ClN3. The van der Waals surface area contributed by atoms with Crippen molar-refractivity contribution in [2.75, 3.05) is 24.5 Å². The second-order valence-corrected chi connectivity index (χ2v) is 5.40. The molecule has 1 aromatic carbocycles. The first-order valence-electron chi connectivity index (χ1n) is 6.93. The monoisotopic (exact) mass is 277 g/mol. The molecule has 4 heteroatoms. The van der Waals surface area contributed by atoms with Crippen molar-refractivity contribution >= 4 is 17.3 Å². The molecule has 1 unspecified atom stereocenters. The van der Waals surface area contributed by atoms with Crippen LogP contribution in [0.4, 0.5) is 5.69 Å². The van der Waals surface area contributed by atoms with Crippen molar-refractivity contribution in [3.63, 3.8) is 0 Å². The molecule has 0 aliphatic carbocycles. The summed E-state index contributed by atoms with van der Waals surface area (Å²) < 4.78 is 0. The maximum absolute atomic E-state index is 9.31. The minimum atomic E-state index is 0.474. The van der Waals surface area contributed by atoms with Crippen molar-refractivity contribution in [1.82, 2.24) is 5.32 Å². The Morgan fingerprint density at radius 3 is 3.00 bits per heavy atom. The van der Waals surface area contributed by atoms with Crippen LogP contribution in [0.25, 0.3) is 0 Å². The molecule has 1 aliphatic heterocycles. The number of halogens is 1. The molecule has 0 saturated carbocycles. The van der Waals surface area contributed by atoms with Gasteiger partial charge in [0.25, 0.3) is 0 Å². The van der Waals surface area contributed by atoms with Gasteiger partial charge in [0, 0.05) is 24.2 Å². The smallest absolute Gasteiger partial charge is 0.101 e. The van der Waals surface area contributed by atoms with E-state index < -0.39 is 0 Å². The summed E-state index contributed by atoms with van der Waals surface area (Å²) in [5, 5.41) is 13.4. The molecule has 0 aromatic heterocycles. The Bertz CT molecular complexity index is 461. The van der Waals surface area contributed by atoms with Crippen molar-refractivity contribution in [2.24, 2.45) is 0 Å². The number of nitrogens with one attached hydrogen (secondary N) is 1. The zero-order valence-corrected chi connectivity index (χ0v) is 12.1. The molecule has 0 bridgehead atoms. The SMILES string of the molecule is CCCN(c1ccc(Cl)cc1C#N)C1CCCNC1. The largest absolute Gasteiger partial charge is 0.366 e. The Morgan fingerprint density at radius 2 is 2.37 bits per heavy atom. The maximum Gasteiger partial charge on any atom is 0.101 e. The Kier molecular flexibility index (Phi) is 5.07. The summed E-state index contributed by atoms with van der Waals surface area (Å²) in [5.41, 5.74) is 1.69. The van der Waals surface area contributed by atoms with Crippen LogP contribution in [-0.2, 0) is 0 Å². The molecule has 1 aromatic rings. The minimum Gasteiger partial charge on any atom is -0.366 e. The van der Waals surface area contributed by atoms with Gasteiger partial charge >= 0.3 is 0 Å². The highest BCUT2D eigenvalue weighted by atomic mass is 35.5. The van der Waals surface area contributed by atoms with Gasteiger partial charge in [0.2, 0.25) is 0 Å². The van der Waals surface area contributed by atoms with Crippen LogP contribution >= 0.6 is 11.6 Å². The lowest BCUT2D eigenvalue weighted by molar-refractivity contribution is 0.431. The van der Waals surface area contributed by atoms with E-state index in [1.54, 1.807) is 6.07 Å². The topological polar surface area (TPSA) is 39.1 Å². The van der Waals surface area contributed by atoms with Gasteiger partial charge in [-0.2, -0.15) is 5.26 Å². The number of benzene rings is 1. The molecule has 2 rings (SSSR count). The maximum atomic E-state index is 9.31. The summed E-state index contributed by atoms with van der Waals surface area (Å²) in [6, 6.07) is 8.35. The first-order valence-corrected chi connectivity index (χ1v) is 7.31. The van der Waals surface area contributed by atoms with E-state index in [0.717, 1.165) is 31.7 Å². The van der Waals surface area contributed by atoms with Crippen molar-refractivity contribution in [2.45, 2.75) is 32.2 Å². The highest BCUT2D eigenvalue weighted by Crippen LogP contribution is 2.27. The van der Waals surface area contributed by atoms with Crippen LogP contribution in [0.3, 0.4) is 0 Å². The molecule has 0 amide bonds. The zero-order chi connectivity index (χ0) is 13.7. The predicted octanol–water partition coefficient (Wildman–Crippen LogP) is 3.18. The molecule has 19 heavy (non-hydrogen) atoms. The highest BCUT2D eigenvalue weighted by Gasteiger charge is 2.22. The number of nitrogens with zero attached hydrogens (tertiary/aromatic N) is 2. The predicted molar refractivity (Wildman–Crippen MR) is 79.7 cm³/mol. The van der Waals surface area contributed by atoms with Crippen molar-refractivity contribution in [3.8, 4) is 6.07 Å². The second-order valence-electron chi connectivity index (χ2n) is 4.97. The lowest BCUT2D eigenvalue weighted by Crippen LogP contribution is -2.46. The standard InChI is InChI=1S/C15H20ClN3/c1-2-8-19(14-4-3-7-18-11-14)15-6-5-13(16)9-12(15)10-17/h5-6,9,14,18H,2-4,7-8,11H2,1H3. The number of anilines is 1. The summed E-state index contributed by atoms with van der Waals surface area (Å²) in [6.45, 7) is 5.24. The molecule has 0 spiro atoms.